The molecule has 1 aliphatic rings. The van der Waals surface area contributed by atoms with Gasteiger partial charge in [0.25, 0.3) is 0 Å². The summed E-state index contributed by atoms with van der Waals surface area (Å²) in [4.78, 5) is 0. The van der Waals surface area contributed by atoms with E-state index >= 15 is 0 Å². The molecule has 2 rings (SSSR count). The molecular formula is C11H12BrCl. The first kappa shape index (κ1) is 9.54. The molecule has 1 aromatic rings. The lowest BCUT2D eigenvalue weighted by atomic mass is 9.99. The minimum absolute atomic E-state index is 0.433. The van der Waals surface area contributed by atoms with Gasteiger partial charge in [-0.2, -0.15) is 0 Å². The second kappa shape index (κ2) is 3.62. The van der Waals surface area contributed by atoms with E-state index in [9.17, 15) is 0 Å². The van der Waals surface area contributed by atoms with Crippen LogP contribution in [-0.4, -0.2) is 5.88 Å². The summed E-state index contributed by atoms with van der Waals surface area (Å²) in [6, 6.07) is 8.51. The average Bonchev–Trinajstić information content (AvgIpc) is 2.86. The molecule has 0 bridgehead atoms. The van der Waals surface area contributed by atoms with E-state index < -0.39 is 0 Å². The molecule has 0 unspecified atom stereocenters. The van der Waals surface area contributed by atoms with Crippen molar-refractivity contribution in [2.24, 2.45) is 5.41 Å². The predicted molar refractivity (Wildman–Crippen MR) is 60.2 cm³/mol. The van der Waals surface area contributed by atoms with Gasteiger partial charge in [0.15, 0.2) is 0 Å². The Morgan fingerprint density at radius 3 is 2.69 bits per heavy atom. The molecule has 0 N–H and O–H groups in total. The van der Waals surface area contributed by atoms with Crippen molar-refractivity contribution >= 4 is 27.5 Å². The molecule has 0 aliphatic heterocycles. The third kappa shape index (κ3) is 2.26. The van der Waals surface area contributed by atoms with Crippen molar-refractivity contribution < 1.29 is 0 Å². The van der Waals surface area contributed by atoms with Gasteiger partial charge >= 0.3 is 0 Å². The van der Waals surface area contributed by atoms with Crippen molar-refractivity contribution in [2.75, 3.05) is 5.88 Å². The summed E-state index contributed by atoms with van der Waals surface area (Å²) in [5, 5.41) is 0. The lowest BCUT2D eigenvalue weighted by Crippen LogP contribution is -2.06. The summed E-state index contributed by atoms with van der Waals surface area (Å²) < 4.78 is 1.16. The van der Waals surface area contributed by atoms with Gasteiger partial charge in [-0.1, -0.05) is 28.1 Å². The highest BCUT2D eigenvalue weighted by atomic mass is 79.9. The fourth-order valence-electron chi connectivity index (χ4n) is 1.61. The first-order chi connectivity index (χ1) is 6.24. The molecule has 0 aromatic heterocycles. The van der Waals surface area contributed by atoms with Crippen LogP contribution in [-0.2, 0) is 6.42 Å². The van der Waals surface area contributed by atoms with Crippen LogP contribution in [0.1, 0.15) is 18.4 Å². The largest absolute Gasteiger partial charge is 0.126 e. The number of halogens is 2. The maximum Gasteiger partial charge on any atom is 0.0283 e. The Labute approximate surface area is 92.4 Å². The van der Waals surface area contributed by atoms with Crippen molar-refractivity contribution in [3.63, 3.8) is 0 Å². The van der Waals surface area contributed by atoms with Crippen LogP contribution in [0.15, 0.2) is 28.7 Å². The molecule has 0 radical (unpaired) electrons. The van der Waals surface area contributed by atoms with Gasteiger partial charge in [-0.15, -0.1) is 11.6 Å². The highest BCUT2D eigenvalue weighted by molar-refractivity contribution is 9.10. The standard InChI is InChI=1S/C11H12BrCl/c12-10-3-1-2-9(6-10)7-11(8-13)4-5-11/h1-3,6H,4-5,7-8H2. The molecule has 1 saturated carbocycles. The molecule has 0 heterocycles. The topological polar surface area (TPSA) is 0 Å². The maximum absolute atomic E-state index is 5.93. The summed E-state index contributed by atoms with van der Waals surface area (Å²) in [5.41, 5.74) is 1.83. The van der Waals surface area contributed by atoms with Crippen molar-refractivity contribution in [2.45, 2.75) is 19.3 Å². The molecule has 1 aliphatic carbocycles. The van der Waals surface area contributed by atoms with Gasteiger partial charge in [0.05, 0.1) is 0 Å². The molecule has 1 fully saturated rings. The summed E-state index contributed by atoms with van der Waals surface area (Å²) in [5.74, 6) is 0.805. The summed E-state index contributed by atoms with van der Waals surface area (Å²) in [6.45, 7) is 0. The van der Waals surface area contributed by atoms with E-state index in [4.69, 9.17) is 11.6 Å². The maximum atomic E-state index is 5.93. The molecular weight excluding hydrogens is 247 g/mol. The van der Waals surface area contributed by atoms with Gasteiger partial charge in [-0.05, 0) is 42.4 Å². The molecule has 70 valence electrons. The van der Waals surface area contributed by atoms with Crippen molar-refractivity contribution in [1.29, 1.82) is 0 Å². The molecule has 13 heavy (non-hydrogen) atoms. The van der Waals surface area contributed by atoms with Crippen LogP contribution in [0.4, 0.5) is 0 Å². The smallest absolute Gasteiger partial charge is 0.0283 e. The number of benzene rings is 1. The lowest BCUT2D eigenvalue weighted by molar-refractivity contribution is 0.578. The minimum Gasteiger partial charge on any atom is -0.126 e. The first-order valence-electron chi connectivity index (χ1n) is 4.55. The fourth-order valence-corrected chi connectivity index (χ4v) is 2.42. The summed E-state index contributed by atoms with van der Waals surface area (Å²) >= 11 is 9.41. The SMILES string of the molecule is ClCC1(Cc2cccc(Br)c2)CC1. The lowest BCUT2D eigenvalue weighted by Gasteiger charge is -2.10. The Morgan fingerprint density at radius 2 is 2.15 bits per heavy atom. The van der Waals surface area contributed by atoms with Crippen LogP contribution in [0.2, 0.25) is 0 Å². The van der Waals surface area contributed by atoms with Gasteiger partial charge in [0, 0.05) is 10.4 Å². The molecule has 2 heteroatoms. The summed E-state index contributed by atoms with van der Waals surface area (Å²) in [7, 11) is 0. The average molecular weight is 260 g/mol. The first-order valence-corrected chi connectivity index (χ1v) is 5.87. The zero-order chi connectivity index (χ0) is 9.31. The Kier molecular flexibility index (Phi) is 2.66. The van der Waals surface area contributed by atoms with E-state index in [1.54, 1.807) is 0 Å². The third-order valence-electron chi connectivity index (χ3n) is 2.71. The number of hydrogen-bond acceptors (Lipinski definition) is 0. The molecule has 1 aromatic carbocycles. The van der Waals surface area contributed by atoms with E-state index in [0.717, 1.165) is 16.8 Å². The van der Waals surface area contributed by atoms with E-state index in [1.165, 1.54) is 18.4 Å². The van der Waals surface area contributed by atoms with Crippen LogP contribution in [0.3, 0.4) is 0 Å². The van der Waals surface area contributed by atoms with Gasteiger partial charge in [-0.3, -0.25) is 0 Å². The highest BCUT2D eigenvalue weighted by Gasteiger charge is 2.41. The molecule has 0 saturated heterocycles. The van der Waals surface area contributed by atoms with E-state index in [2.05, 4.69) is 40.2 Å². The fraction of sp³-hybridized carbons (Fsp3) is 0.455. The Balaban J connectivity index is 2.09. The molecule has 0 spiro atoms. The third-order valence-corrected chi connectivity index (χ3v) is 3.77. The molecule has 0 amide bonds. The van der Waals surface area contributed by atoms with Crippen molar-refractivity contribution in [3.05, 3.63) is 34.3 Å². The summed E-state index contributed by atoms with van der Waals surface area (Å²) in [6.07, 6.45) is 3.72. The van der Waals surface area contributed by atoms with Gasteiger partial charge in [-0.25, -0.2) is 0 Å². The minimum atomic E-state index is 0.433. The zero-order valence-electron chi connectivity index (χ0n) is 7.39. The number of hydrogen-bond donors (Lipinski definition) is 0. The number of alkyl halides is 1. The highest BCUT2D eigenvalue weighted by Crippen LogP contribution is 2.49. The van der Waals surface area contributed by atoms with Crippen LogP contribution in [0, 0.1) is 5.41 Å². The second-order valence-corrected chi connectivity index (χ2v) is 5.12. The van der Waals surface area contributed by atoms with Gasteiger partial charge in [0.2, 0.25) is 0 Å². The zero-order valence-corrected chi connectivity index (χ0v) is 9.74. The van der Waals surface area contributed by atoms with Crippen LogP contribution in [0.25, 0.3) is 0 Å². The monoisotopic (exact) mass is 258 g/mol. The van der Waals surface area contributed by atoms with E-state index in [0.29, 0.717) is 5.41 Å². The van der Waals surface area contributed by atoms with Crippen molar-refractivity contribution in [3.8, 4) is 0 Å². The van der Waals surface area contributed by atoms with E-state index in [-0.39, 0.29) is 0 Å². The quantitative estimate of drug-likeness (QED) is 0.720. The van der Waals surface area contributed by atoms with Gasteiger partial charge < -0.3 is 0 Å². The second-order valence-electron chi connectivity index (χ2n) is 3.94. The van der Waals surface area contributed by atoms with Crippen LogP contribution >= 0.6 is 27.5 Å². The van der Waals surface area contributed by atoms with Gasteiger partial charge in [0.1, 0.15) is 0 Å². The van der Waals surface area contributed by atoms with Crippen molar-refractivity contribution in [1.82, 2.24) is 0 Å². The Morgan fingerprint density at radius 1 is 1.38 bits per heavy atom. The Hall–Kier alpha value is -0.0100. The number of rotatable bonds is 3. The molecule has 0 atom stereocenters. The molecule has 0 nitrogen and oxygen atoms in total. The normalized spacial score (nSPS) is 18.6. The van der Waals surface area contributed by atoms with Crippen LogP contribution in [0.5, 0.6) is 0 Å². The predicted octanol–water partition coefficient (Wildman–Crippen LogP) is 4.01. The van der Waals surface area contributed by atoms with Crippen LogP contribution < -0.4 is 0 Å². The van der Waals surface area contributed by atoms with E-state index in [1.807, 2.05) is 0 Å². The Bertz CT molecular complexity index is 305.